The molecule has 1 heterocycles. The number of rotatable bonds is 3. The molecule has 1 aliphatic heterocycles. The van der Waals surface area contributed by atoms with Crippen LogP contribution in [0.4, 0.5) is 5.69 Å². The van der Waals surface area contributed by atoms with Crippen LogP contribution < -0.4 is 10.0 Å². The van der Waals surface area contributed by atoms with Gasteiger partial charge in [0.05, 0.1) is 16.0 Å². The second kappa shape index (κ2) is 4.96. The van der Waals surface area contributed by atoms with Crippen molar-refractivity contribution in [2.75, 3.05) is 4.72 Å². The number of sulfonamides is 1. The van der Waals surface area contributed by atoms with Gasteiger partial charge in [-0.2, -0.15) is 0 Å². The third kappa shape index (κ3) is 2.46. The number of amides is 2. The number of hydrogen-bond donors (Lipinski definition) is 2. The van der Waals surface area contributed by atoms with Crippen LogP contribution >= 0.6 is 0 Å². The van der Waals surface area contributed by atoms with E-state index < -0.39 is 21.8 Å². The normalized spacial score (nSPS) is 13.7. The maximum Gasteiger partial charge on any atom is 0.261 e. The number of imide groups is 1. The monoisotopic (exact) mass is 316 g/mol. The van der Waals surface area contributed by atoms with Gasteiger partial charge in [0.15, 0.2) is 0 Å². The number of anilines is 1. The lowest BCUT2D eigenvalue weighted by Crippen LogP contribution is -2.19. The van der Waals surface area contributed by atoms with Gasteiger partial charge in [-0.1, -0.05) is 12.1 Å². The van der Waals surface area contributed by atoms with Crippen molar-refractivity contribution in [2.45, 2.75) is 11.8 Å². The maximum atomic E-state index is 12.4. The van der Waals surface area contributed by atoms with Crippen LogP contribution in [0.15, 0.2) is 47.4 Å². The third-order valence-corrected chi connectivity index (χ3v) is 4.67. The summed E-state index contributed by atoms with van der Waals surface area (Å²) in [5, 5.41) is 2.12. The molecule has 1 aliphatic rings. The zero-order valence-corrected chi connectivity index (χ0v) is 12.4. The van der Waals surface area contributed by atoms with Gasteiger partial charge in [0, 0.05) is 5.69 Å². The van der Waals surface area contributed by atoms with Crippen molar-refractivity contribution in [1.29, 1.82) is 0 Å². The lowest BCUT2D eigenvalue weighted by molar-refractivity contribution is 0.0879. The predicted octanol–water partition coefficient (Wildman–Crippen LogP) is 1.68. The van der Waals surface area contributed by atoms with Crippen LogP contribution in [-0.4, -0.2) is 20.2 Å². The van der Waals surface area contributed by atoms with Crippen LogP contribution in [0.5, 0.6) is 0 Å². The van der Waals surface area contributed by atoms with Gasteiger partial charge in [0.25, 0.3) is 21.8 Å². The molecule has 0 saturated heterocycles. The highest BCUT2D eigenvalue weighted by atomic mass is 32.2. The first kappa shape index (κ1) is 14.3. The fourth-order valence-corrected chi connectivity index (χ4v) is 3.31. The van der Waals surface area contributed by atoms with E-state index in [2.05, 4.69) is 10.0 Å². The van der Waals surface area contributed by atoms with E-state index in [0.717, 1.165) is 5.56 Å². The third-order valence-electron chi connectivity index (χ3n) is 3.29. The Morgan fingerprint density at radius 3 is 2.41 bits per heavy atom. The molecule has 0 atom stereocenters. The van der Waals surface area contributed by atoms with Gasteiger partial charge in [-0.3, -0.25) is 19.6 Å². The van der Waals surface area contributed by atoms with Gasteiger partial charge in [-0.05, 0) is 42.8 Å². The molecule has 0 unspecified atom stereocenters. The Morgan fingerprint density at radius 1 is 0.955 bits per heavy atom. The highest BCUT2D eigenvalue weighted by molar-refractivity contribution is 7.92. The van der Waals surface area contributed by atoms with Crippen molar-refractivity contribution >= 4 is 27.5 Å². The number of hydrogen-bond acceptors (Lipinski definition) is 4. The van der Waals surface area contributed by atoms with E-state index in [1.165, 1.54) is 18.2 Å². The molecule has 0 aliphatic carbocycles. The van der Waals surface area contributed by atoms with Crippen molar-refractivity contribution in [2.24, 2.45) is 0 Å². The number of carbonyl (C=O) groups excluding carboxylic acids is 2. The summed E-state index contributed by atoms with van der Waals surface area (Å²) in [7, 11) is -3.83. The summed E-state index contributed by atoms with van der Waals surface area (Å²) < 4.78 is 27.2. The first-order valence-corrected chi connectivity index (χ1v) is 7.94. The minimum atomic E-state index is -3.83. The number of carbonyl (C=O) groups is 2. The summed E-state index contributed by atoms with van der Waals surface area (Å²) in [6.45, 7) is 1.85. The Hall–Kier alpha value is -2.67. The molecule has 0 fully saturated rings. The second-order valence-corrected chi connectivity index (χ2v) is 6.65. The van der Waals surface area contributed by atoms with Gasteiger partial charge < -0.3 is 0 Å². The highest BCUT2D eigenvalue weighted by Crippen LogP contribution is 2.22. The molecule has 7 heteroatoms. The average Bonchev–Trinajstić information content (AvgIpc) is 2.73. The number of nitrogens with one attached hydrogen (secondary N) is 2. The van der Waals surface area contributed by atoms with E-state index >= 15 is 0 Å². The van der Waals surface area contributed by atoms with Crippen LogP contribution in [0, 0.1) is 6.92 Å². The average molecular weight is 316 g/mol. The van der Waals surface area contributed by atoms with E-state index in [4.69, 9.17) is 0 Å². The standard InChI is InChI=1S/C15H12N2O4S/c1-9-3-2-4-10(7-9)17-22(20,21)11-5-6-12-13(8-11)15(19)16-14(12)18/h2-8,17H,1H3,(H,16,18,19). The number of aryl methyl sites for hydroxylation is 1. The Kier molecular flexibility index (Phi) is 3.22. The molecule has 0 saturated carbocycles. The van der Waals surface area contributed by atoms with Crippen LogP contribution in [-0.2, 0) is 10.0 Å². The van der Waals surface area contributed by atoms with Gasteiger partial charge in [-0.25, -0.2) is 8.42 Å². The topological polar surface area (TPSA) is 92.3 Å². The molecule has 0 aromatic heterocycles. The fraction of sp³-hybridized carbons (Fsp3) is 0.0667. The summed E-state index contributed by atoms with van der Waals surface area (Å²) >= 11 is 0. The summed E-state index contributed by atoms with van der Waals surface area (Å²) in [5.74, 6) is -1.11. The van der Waals surface area contributed by atoms with E-state index in [1.807, 2.05) is 13.0 Å². The number of fused-ring (bicyclic) bond motifs is 1. The van der Waals surface area contributed by atoms with Gasteiger partial charge in [0.1, 0.15) is 0 Å². The van der Waals surface area contributed by atoms with E-state index in [1.54, 1.807) is 18.2 Å². The lowest BCUT2D eigenvalue weighted by atomic mass is 10.1. The van der Waals surface area contributed by atoms with Crippen molar-refractivity contribution in [1.82, 2.24) is 5.32 Å². The van der Waals surface area contributed by atoms with E-state index in [0.29, 0.717) is 5.69 Å². The quantitative estimate of drug-likeness (QED) is 0.843. The first-order valence-electron chi connectivity index (χ1n) is 6.46. The maximum absolute atomic E-state index is 12.4. The molecule has 0 spiro atoms. The number of benzene rings is 2. The molecular weight excluding hydrogens is 304 g/mol. The molecule has 2 aromatic carbocycles. The van der Waals surface area contributed by atoms with Crippen molar-refractivity contribution < 1.29 is 18.0 Å². The predicted molar refractivity (Wildman–Crippen MR) is 80.2 cm³/mol. The van der Waals surface area contributed by atoms with Crippen molar-refractivity contribution in [3.05, 3.63) is 59.2 Å². The summed E-state index contributed by atoms with van der Waals surface area (Å²) in [6.07, 6.45) is 0. The largest absolute Gasteiger partial charge is 0.288 e. The van der Waals surface area contributed by atoms with E-state index in [-0.39, 0.29) is 16.0 Å². The summed E-state index contributed by atoms with van der Waals surface area (Å²) in [6, 6.07) is 10.8. The van der Waals surface area contributed by atoms with Gasteiger partial charge in [0.2, 0.25) is 0 Å². The Morgan fingerprint density at radius 2 is 1.68 bits per heavy atom. The zero-order valence-electron chi connectivity index (χ0n) is 11.6. The molecule has 22 heavy (non-hydrogen) atoms. The Bertz CT molecular complexity index is 904. The molecule has 2 amide bonds. The fourth-order valence-electron chi connectivity index (χ4n) is 2.24. The second-order valence-electron chi connectivity index (χ2n) is 4.97. The van der Waals surface area contributed by atoms with Crippen molar-refractivity contribution in [3.63, 3.8) is 0 Å². The van der Waals surface area contributed by atoms with Crippen LogP contribution in [0.1, 0.15) is 26.3 Å². The minimum Gasteiger partial charge on any atom is -0.288 e. The first-order chi connectivity index (χ1) is 10.4. The summed E-state index contributed by atoms with van der Waals surface area (Å²) in [5.41, 5.74) is 1.59. The zero-order chi connectivity index (χ0) is 15.9. The molecule has 6 nitrogen and oxygen atoms in total. The Balaban J connectivity index is 1.98. The molecule has 2 N–H and O–H groups in total. The van der Waals surface area contributed by atoms with Gasteiger partial charge in [-0.15, -0.1) is 0 Å². The van der Waals surface area contributed by atoms with Crippen molar-refractivity contribution in [3.8, 4) is 0 Å². The molecule has 2 aromatic rings. The van der Waals surface area contributed by atoms with E-state index in [9.17, 15) is 18.0 Å². The molecule has 3 rings (SSSR count). The highest BCUT2D eigenvalue weighted by Gasteiger charge is 2.28. The molecule has 0 bridgehead atoms. The minimum absolute atomic E-state index is 0.0668. The summed E-state index contributed by atoms with van der Waals surface area (Å²) in [4.78, 5) is 23.0. The lowest BCUT2D eigenvalue weighted by Gasteiger charge is -2.09. The van der Waals surface area contributed by atoms with Crippen LogP contribution in [0.25, 0.3) is 0 Å². The Labute approximate surface area is 127 Å². The van der Waals surface area contributed by atoms with Crippen LogP contribution in [0.2, 0.25) is 0 Å². The SMILES string of the molecule is Cc1cccc(NS(=O)(=O)c2ccc3c(c2)C(=O)NC3=O)c1. The molecule has 112 valence electrons. The smallest absolute Gasteiger partial charge is 0.261 e. The van der Waals surface area contributed by atoms with Gasteiger partial charge >= 0.3 is 0 Å². The molecule has 0 radical (unpaired) electrons. The van der Waals surface area contributed by atoms with Crippen LogP contribution in [0.3, 0.4) is 0 Å². The molecular formula is C15H12N2O4S.